The first-order valence-corrected chi connectivity index (χ1v) is 17.4. The number of unbranched alkanes of at least 4 members (excludes halogenated alkanes) is 9. The number of thiophene rings is 1. The third-order valence-corrected chi connectivity index (χ3v) is 8.21. The second-order valence-corrected chi connectivity index (χ2v) is 12.3. The van der Waals surface area contributed by atoms with E-state index in [0.29, 0.717) is 28.5 Å². The number of halogens is 1. The Labute approximate surface area is 281 Å². The Hall–Kier alpha value is -4.16. The lowest BCUT2D eigenvalue weighted by atomic mass is 10.1. The Balaban J connectivity index is 1.42. The Morgan fingerprint density at radius 3 is 2.13 bits per heavy atom. The zero-order valence-electron chi connectivity index (χ0n) is 27.6. The summed E-state index contributed by atoms with van der Waals surface area (Å²) in [7, 11) is 0. The SMILES string of the molecule is CCCCCCCCCCCOc1ccc(C(=O)Oc2ccc(C#Cc3ccc(C(=O)OC(C)C(=O)OCCCC)s3)cc2)cc1F. The van der Waals surface area contributed by atoms with Gasteiger partial charge in [0.25, 0.3) is 0 Å². The molecule has 252 valence electrons. The fourth-order valence-corrected chi connectivity index (χ4v) is 5.20. The molecule has 1 atom stereocenters. The lowest BCUT2D eigenvalue weighted by molar-refractivity contribution is -0.153. The zero-order chi connectivity index (χ0) is 33.9. The van der Waals surface area contributed by atoms with Gasteiger partial charge in [-0.3, -0.25) is 0 Å². The fraction of sp³-hybridized carbons (Fsp3) is 0.447. The molecule has 0 amide bonds. The van der Waals surface area contributed by atoms with Gasteiger partial charge in [0.2, 0.25) is 0 Å². The van der Waals surface area contributed by atoms with Gasteiger partial charge in [0.05, 0.1) is 23.7 Å². The van der Waals surface area contributed by atoms with Crippen LogP contribution < -0.4 is 9.47 Å². The number of rotatable bonds is 19. The van der Waals surface area contributed by atoms with Crippen molar-refractivity contribution >= 4 is 29.2 Å². The highest BCUT2D eigenvalue weighted by molar-refractivity contribution is 7.14. The first kappa shape index (κ1) is 37.3. The van der Waals surface area contributed by atoms with Crippen LogP contribution in [-0.2, 0) is 14.3 Å². The van der Waals surface area contributed by atoms with Crippen LogP contribution in [0.4, 0.5) is 4.39 Å². The first-order chi connectivity index (χ1) is 22.8. The molecule has 9 heteroatoms. The number of ether oxygens (including phenoxy) is 4. The zero-order valence-corrected chi connectivity index (χ0v) is 28.4. The van der Waals surface area contributed by atoms with E-state index in [9.17, 15) is 18.8 Å². The van der Waals surface area contributed by atoms with E-state index in [2.05, 4.69) is 18.8 Å². The Kier molecular flexibility index (Phi) is 16.6. The third-order valence-electron chi connectivity index (χ3n) is 7.23. The number of hydrogen-bond donors (Lipinski definition) is 0. The highest BCUT2D eigenvalue weighted by atomic mass is 32.1. The van der Waals surface area contributed by atoms with Gasteiger partial charge in [-0.15, -0.1) is 11.3 Å². The van der Waals surface area contributed by atoms with Gasteiger partial charge in [0.1, 0.15) is 10.6 Å². The van der Waals surface area contributed by atoms with Crippen molar-refractivity contribution in [3.05, 3.63) is 81.3 Å². The smallest absolute Gasteiger partial charge is 0.349 e. The number of benzene rings is 2. The highest BCUT2D eigenvalue weighted by Crippen LogP contribution is 2.22. The summed E-state index contributed by atoms with van der Waals surface area (Å²) in [5.74, 6) is 3.90. The number of esters is 3. The molecule has 0 aliphatic heterocycles. The summed E-state index contributed by atoms with van der Waals surface area (Å²) < 4.78 is 35.9. The van der Waals surface area contributed by atoms with Gasteiger partial charge in [0, 0.05) is 5.56 Å². The maximum Gasteiger partial charge on any atom is 0.349 e. The molecule has 0 saturated heterocycles. The monoisotopic (exact) mass is 664 g/mol. The standard InChI is InChI=1S/C38H45FO7S/c1-4-6-8-9-10-11-12-13-14-26-43-34-23-18-30(27-33(34)39)37(41)46-31-19-15-29(16-20-31)17-21-32-22-24-35(47-32)38(42)45-28(3)36(40)44-25-7-5-2/h15-16,18-20,22-24,27-28H,4-14,25-26H2,1-3H3. The summed E-state index contributed by atoms with van der Waals surface area (Å²) in [5, 5.41) is 0. The molecule has 0 aliphatic carbocycles. The number of carbonyl (C=O) groups excluding carboxylic acids is 3. The molecule has 0 saturated carbocycles. The second kappa shape index (κ2) is 20.9. The van der Waals surface area contributed by atoms with E-state index < -0.39 is 29.8 Å². The maximum atomic E-state index is 14.6. The summed E-state index contributed by atoms with van der Waals surface area (Å²) in [6, 6.07) is 13.9. The van der Waals surface area contributed by atoms with Gasteiger partial charge >= 0.3 is 17.9 Å². The largest absolute Gasteiger partial charge is 0.491 e. The van der Waals surface area contributed by atoms with Crippen molar-refractivity contribution in [2.75, 3.05) is 13.2 Å². The van der Waals surface area contributed by atoms with Gasteiger partial charge in [-0.05, 0) is 74.4 Å². The van der Waals surface area contributed by atoms with Crippen molar-refractivity contribution in [2.24, 2.45) is 0 Å². The predicted molar refractivity (Wildman–Crippen MR) is 182 cm³/mol. The summed E-state index contributed by atoms with van der Waals surface area (Å²) in [6.07, 6.45) is 11.4. The molecule has 0 fully saturated rings. The number of hydrogen-bond acceptors (Lipinski definition) is 8. The molecule has 0 bridgehead atoms. The second-order valence-electron chi connectivity index (χ2n) is 11.2. The molecule has 0 N–H and O–H groups in total. The van der Waals surface area contributed by atoms with E-state index in [4.69, 9.17) is 18.9 Å². The quantitative estimate of drug-likeness (QED) is 0.0546. The third kappa shape index (κ3) is 13.6. The van der Waals surface area contributed by atoms with E-state index in [1.165, 1.54) is 57.6 Å². The van der Waals surface area contributed by atoms with E-state index in [-0.39, 0.29) is 17.1 Å². The van der Waals surface area contributed by atoms with Crippen LogP contribution in [0.25, 0.3) is 0 Å². The van der Waals surface area contributed by atoms with Crippen molar-refractivity contribution < 1.29 is 37.7 Å². The van der Waals surface area contributed by atoms with Crippen LogP contribution in [0, 0.1) is 17.7 Å². The van der Waals surface area contributed by atoms with E-state index in [1.807, 2.05) is 6.92 Å². The normalized spacial score (nSPS) is 11.2. The van der Waals surface area contributed by atoms with Crippen LogP contribution in [0.5, 0.6) is 11.5 Å². The average Bonchev–Trinajstić information content (AvgIpc) is 3.55. The van der Waals surface area contributed by atoms with Crippen LogP contribution in [0.3, 0.4) is 0 Å². The highest BCUT2D eigenvalue weighted by Gasteiger charge is 2.21. The van der Waals surface area contributed by atoms with Crippen LogP contribution in [0.1, 0.15) is 122 Å². The maximum absolute atomic E-state index is 14.6. The molecule has 1 aromatic heterocycles. The lowest BCUT2D eigenvalue weighted by Crippen LogP contribution is -2.26. The van der Waals surface area contributed by atoms with Gasteiger partial charge in [0.15, 0.2) is 17.7 Å². The molecule has 47 heavy (non-hydrogen) atoms. The molecule has 0 aliphatic rings. The summed E-state index contributed by atoms with van der Waals surface area (Å²) in [6.45, 7) is 6.41. The van der Waals surface area contributed by atoms with Crippen LogP contribution in [0.2, 0.25) is 0 Å². The van der Waals surface area contributed by atoms with E-state index in [0.717, 1.165) is 49.5 Å². The van der Waals surface area contributed by atoms with Crippen molar-refractivity contribution in [1.29, 1.82) is 0 Å². The van der Waals surface area contributed by atoms with Crippen molar-refractivity contribution in [1.82, 2.24) is 0 Å². The summed E-state index contributed by atoms with van der Waals surface area (Å²) in [5.41, 5.74) is 0.738. The molecular formula is C38H45FO7S. The lowest BCUT2D eigenvalue weighted by Gasteiger charge is -2.11. The number of carbonyl (C=O) groups is 3. The van der Waals surface area contributed by atoms with Crippen LogP contribution in [0.15, 0.2) is 54.6 Å². The molecule has 2 aromatic carbocycles. The summed E-state index contributed by atoms with van der Waals surface area (Å²) in [4.78, 5) is 37.9. The Morgan fingerprint density at radius 1 is 0.766 bits per heavy atom. The summed E-state index contributed by atoms with van der Waals surface area (Å²) >= 11 is 1.15. The topological polar surface area (TPSA) is 88.1 Å². The molecule has 0 spiro atoms. The van der Waals surface area contributed by atoms with Gasteiger partial charge in [-0.1, -0.05) is 83.5 Å². The fourth-order valence-electron chi connectivity index (χ4n) is 4.46. The molecule has 3 aromatic rings. The van der Waals surface area contributed by atoms with E-state index >= 15 is 0 Å². The Bertz CT molecular complexity index is 1490. The van der Waals surface area contributed by atoms with Crippen molar-refractivity contribution in [2.45, 2.75) is 97.5 Å². The van der Waals surface area contributed by atoms with Crippen LogP contribution in [-0.4, -0.2) is 37.2 Å². The predicted octanol–water partition coefficient (Wildman–Crippen LogP) is 9.30. The van der Waals surface area contributed by atoms with Crippen molar-refractivity contribution in [3.63, 3.8) is 0 Å². The molecule has 0 radical (unpaired) electrons. The van der Waals surface area contributed by atoms with Gasteiger partial charge in [-0.2, -0.15) is 0 Å². The molecule has 1 heterocycles. The Morgan fingerprint density at radius 2 is 1.45 bits per heavy atom. The van der Waals surface area contributed by atoms with Crippen molar-refractivity contribution in [3.8, 4) is 23.3 Å². The van der Waals surface area contributed by atoms with Gasteiger partial charge in [-0.25, -0.2) is 18.8 Å². The first-order valence-electron chi connectivity index (χ1n) is 16.5. The molecule has 7 nitrogen and oxygen atoms in total. The van der Waals surface area contributed by atoms with Crippen LogP contribution >= 0.6 is 11.3 Å². The average molecular weight is 665 g/mol. The molecule has 3 rings (SSSR count). The minimum Gasteiger partial charge on any atom is -0.491 e. The van der Waals surface area contributed by atoms with Gasteiger partial charge < -0.3 is 18.9 Å². The minimum absolute atomic E-state index is 0.0802. The minimum atomic E-state index is -1.00. The molecule has 1 unspecified atom stereocenters. The molecular weight excluding hydrogens is 619 g/mol. The van der Waals surface area contributed by atoms with E-state index in [1.54, 1.807) is 36.4 Å².